The van der Waals surface area contributed by atoms with E-state index in [1.54, 1.807) is 6.92 Å². The van der Waals surface area contributed by atoms with Crippen molar-refractivity contribution in [2.24, 2.45) is 0 Å². The predicted octanol–water partition coefficient (Wildman–Crippen LogP) is 1.85. The van der Waals surface area contributed by atoms with E-state index in [2.05, 4.69) is 9.97 Å². The van der Waals surface area contributed by atoms with Crippen LogP contribution in [0.25, 0.3) is 0 Å². The van der Waals surface area contributed by atoms with Gasteiger partial charge in [-0.05, 0) is 19.8 Å². The second-order valence-corrected chi connectivity index (χ2v) is 4.90. The summed E-state index contributed by atoms with van der Waals surface area (Å²) in [7, 11) is 0. The third kappa shape index (κ3) is 4.01. The minimum absolute atomic E-state index is 0.0662. The van der Waals surface area contributed by atoms with Gasteiger partial charge < -0.3 is 10.0 Å². The van der Waals surface area contributed by atoms with Crippen molar-refractivity contribution >= 4 is 11.9 Å². The van der Waals surface area contributed by atoms with Crippen molar-refractivity contribution in [2.45, 2.75) is 40.0 Å². The van der Waals surface area contributed by atoms with Crippen LogP contribution >= 0.6 is 0 Å². The number of amides is 1. The number of aliphatic carboxylic acids is 1. The topological polar surface area (TPSA) is 83.4 Å². The molecule has 0 aromatic carbocycles. The highest BCUT2D eigenvalue weighted by Crippen LogP contribution is 2.18. The van der Waals surface area contributed by atoms with Crippen LogP contribution in [0.5, 0.6) is 0 Å². The van der Waals surface area contributed by atoms with E-state index in [1.165, 1.54) is 11.1 Å². The van der Waals surface area contributed by atoms with Crippen LogP contribution in [0, 0.1) is 6.92 Å². The number of aryl methyl sites for hydroxylation is 1. The number of hydrogen-bond acceptors (Lipinski definition) is 4. The Kier molecular flexibility index (Phi) is 5.61. The molecular weight excluding hydrogens is 258 g/mol. The minimum Gasteiger partial charge on any atom is -0.481 e. The van der Waals surface area contributed by atoms with Crippen LogP contribution in [0.15, 0.2) is 6.20 Å². The van der Waals surface area contributed by atoms with Crippen molar-refractivity contribution in [3.05, 3.63) is 23.3 Å². The maximum Gasteiger partial charge on any atom is 0.305 e. The van der Waals surface area contributed by atoms with E-state index in [1.807, 2.05) is 20.8 Å². The zero-order valence-electron chi connectivity index (χ0n) is 12.4. The van der Waals surface area contributed by atoms with Gasteiger partial charge in [0.15, 0.2) is 0 Å². The molecule has 6 nitrogen and oxygen atoms in total. The summed E-state index contributed by atoms with van der Waals surface area (Å²) in [4.78, 5) is 33.0. The van der Waals surface area contributed by atoms with Gasteiger partial charge in [-0.1, -0.05) is 13.8 Å². The van der Waals surface area contributed by atoms with E-state index < -0.39 is 5.97 Å². The predicted molar refractivity (Wildman–Crippen MR) is 74.7 cm³/mol. The summed E-state index contributed by atoms with van der Waals surface area (Å²) in [6.07, 6.45) is 1.47. The minimum atomic E-state index is -0.916. The Morgan fingerprint density at radius 2 is 2.05 bits per heavy atom. The van der Waals surface area contributed by atoms with Gasteiger partial charge in [0.25, 0.3) is 5.91 Å². The molecule has 1 heterocycles. The van der Waals surface area contributed by atoms with E-state index in [0.717, 1.165) is 0 Å². The Morgan fingerprint density at radius 3 is 2.55 bits per heavy atom. The molecule has 0 unspecified atom stereocenters. The highest BCUT2D eigenvalue weighted by atomic mass is 16.4. The monoisotopic (exact) mass is 279 g/mol. The highest BCUT2D eigenvalue weighted by molar-refractivity contribution is 5.95. The summed E-state index contributed by atoms with van der Waals surface area (Å²) in [5, 5.41) is 8.73. The SMILES string of the molecule is CCN(CCC(=O)O)C(=O)c1cnc(C)nc1C(C)C. The zero-order valence-corrected chi connectivity index (χ0v) is 12.4. The third-order valence-electron chi connectivity index (χ3n) is 2.98. The number of carbonyl (C=O) groups is 2. The van der Waals surface area contributed by atoms with Crippen LogP contribution in [0.3, 0.4) is 0 Å². The van der Waals surface area contributed by atoms with Crippen molar-refractivity contribution in [1.29, 1.82) is 0 Å². The lowest BCUT2D eigenvalue weighted by Gasteiger charge is -2.21. The van der Waals surface area contributed by atoms with Crippen molar-refractivity contribution in [1.82, 2.24) is 14.9 Å². The van der Waals surface area contributed by atoms with E-state index in [0.29, 0.717) is 23.6 Å². The summed E-state index contributed by atoms with van der Waals surface area (Å²) < 4.78 is 0. The molecule has 0 spiro atoms. The fourth-order valence-corrected chi connectivity index (χ4v) is 1.90. The third-order valence-corrected chi connectivity index (χ3v) is 2.98. The van der Waals surface area contributed by atoms with Crippen molar-refractivity contribution in [2.75, 3.05) is 13.1 Å². The Bertz CT molecular complexity index is 500. The van der Waals surface area contributed by atoms with Crippen LogP contribution < -0.4 is 0 Å². The lowest BCUT2D eigenvalue weighted by atomic mass is 10.0. The maximum absolute atomic E-state index is 12.5. The molecule has 110 valence electrons. The molecule has 20 heavy (non-hydrogen) atoms. The van der Waals surface area contributed by atoms with Crippen LogP contribution in [0.2, 0.25) is 0 Å². The molecular formula is C14H21N3O3. The molecule has 0 atom stereocenters. The molecule has 0 aliphatic carbocycles. The molecule has 0 saturated carbocycles. The van der Waals surface area contributed by atoms with Crippen LogP contribution in [0.4, 0.5) is 0 Å². The molecule has 0 bridgehead atoms. The molecule has 0 fully saturated rings. The van der Waals surface area contributed by atoms with E-state index in [-0.39, 0.29) is 24.8 Å². The van der Waals surface area contributed by atoms with E-state index in [9.17, 15) is 9.59 Å². The summed E-state index contributed by atoms with van der Waals surface area (Å²) in [6.45, 7) is 8.18. The van der Waals surface area contributed by atoms with Gasteiger partial charge in [0, 0.05) is 19.3 Å². The normalized spacial score (nSPS) is 10.7. The Hall–Kier alpha value is -1.98. The van der Waals surface area contributed by atoms with Crippen molar-refractivity contribution < 1.29 is 14.7 Å². The quantitative estimate of drug-likeness (QED) is 0.859. The summed E-state index contributed by atoms with van der Waals surface area (Å²) in [5.74, 6) is -0.398. The Balaban J connectivity index is 3.03. The molecule has 1 amide bonds. The zero-order chi connectivity index (χ0) is 15.3. The first-order valence-electron chi connectivity index (χ1n) is 6.71. The molecule has 0 aliphatic rings. The van der Waals surface area contributed by atoms with Crippen molar-refractivity contribution in [3.63, 3.8) is 0 Å². The number of aromatic nitrogens is 2. The van der Waals surface area contributed by atoms with E-state index in [4.69, 9.17) is 5.11 Å². The molecule has 1 aromatic rings. The number of nitrogens with zero attached hydrogens (tertiary/aromatic N) is 3. The lowest BCUT2D eigenvalue weighted by molar-refractivity contribution is -0.137. The van der Waals surface area contributed by atoms with Gasteiger partial charge in [0.2, 0.25) is 0 Å². The number of hydrogen-bond donors (Lipinski definition) is 1. The number of carboxylic acids is 1. The molecule has 6 heteroatoms. The summed E-state index contributed by atoms with van der Waals surface area (Å²) >= 11 is 0. The van der Waals surface area contributed by atoms with Gasteiger partial charge in [-0.25, -0.2) is 9.97 Å². The molecule has 1 aromatic heterocycles. The van der Waals surface area contributed by atoms with E-state index >= 15 is 0 Å². The van der Waals surface area contributed by atoms with Gasteiger partial charge in [-0.15, -0.1) is 0 Å². The summed E-state index contributed by atoms with van der Waals surface area (Å²) in [5.41, 5.74) is 1.16. The maximum atomic E-state index is 12.5. The van der Waals surface area contributed by atoms with Gasteiger partial charge in [-0.3, -0.25) is 9.59 Å². The number of carboxylic acid groups (broad SMARTS) is 1. The van der Waals surface area contributed by atoms with Crippen LogP contribution in [-0.4, -0.2) is 44.9 Å². The highest BCUT2D eigenvalue weighted by Gasteiger charge is 2.21. The average Bonchev–Trinajstić information content (AvgIpc) is 2.38. The first kappa shape index (κ1) is 16.1. The first-order chi connectivity index (χ1) is 9.36. The van der Waals surface area contributed by atoms with Gasteiger partial charge in [0.1, 0.15) is 5.82 Å². The second kappa shape index (κ2) is 6.98. The Morgan fingerprint density at radius 1 is 1.40 bits per heavy atom. The standard InChI is InChI=1S/C14H21N3O3/c1-5-17(7-6-12(18)19)14(20)11-8-15-10(4)16-13(11)9(2)3/h8-9H,5-7H2,1-4H3,(H,18,19). The molecule has 1 rings (SSSR count). The fraction of sp³-hybridized carbons (Fsp3) is 0.571. The molecule has 0 radical (unpaired) electrons. The molecule has 0 saturated heterocycles. The smallest absolute Gasteiger partial charge is 0.305 e. The second-order valence-electron chi connectivity index (χ2n) is 4.90. The van der Waals surface area contributed by atoms with Gasteiger partial charge >= 0.3 is 5.97 Å². The largest absolute Gasteiger partial charge is 0.481 e. The van der Waals surface area contributed by atoms with Crippen LogP contribution in [0.1, 0.15) is 55.0 Å². The fourth-order valence-electron chi connectivity index (χ4n) is 1.90. The number of carbonyl (C=O) groups excluding carboxylic acids is 1. The molecule has 1 N–H and O–H groups in total. The Labute approximate surface area is 118 Å². The van der Waals surface area contributed by atoms with Gasteiger partial charge in [0.05, 0.1) is 17.7 Å². The van der Waals surface area contributed by atoms with Gasteiger partial charge in [-0.2, -0.15) is 0 Å². The summed E-state index contributed by atoms with van der Waals surface area (Å²) in [6, 6.07) is 0. The molecule has 0 aliphatic heterocycles. The number of rotatable bonds is 6. The lowest BCUT2D eigenvalue weighted by Crippen LogP contribution is -2.34. The average molecular weight is 279 g/mol. The first-order valence-corrected chi connectivity index (χ1v) is 6.71. The van der Waals surface area contributed by atoms with Crippen molar-refractivity contribution in [3.8, 4) is 0 Å². The van der Waals surface area contributed by atoms with Crippen LogP contribution in [-0.2, 0) is 4.79 Å².